The van der Waals surface area contributed by atoms with Crippen LogP contribution in [-0.4, -0.2) is 59.1 Å². The second-order valence-electron chi connectivity index (χ2n) is 6.90. The fraction of sp³-hybridized carbons (Fsp3) is 0.400. The SMILES string of the molecule is CCOC(=O)C(=[N+]=[N-])C(=O)c1cccc(OC)c1C(=O)C(=O)CC(=O)OC(C)(C)C. The third-order valence-corrected chi connectivity index (χ3v) is 3.48. The highest BCUT2D eigenvalue weighted by molar-refractivity contribution is 6.66. The molecule has 0 saturated carbocycles. The minimum atomic E-state index is -1.22. The normalized spacial score (nSPS) is 10.4. The van der Waals surface area contributed by atoms with E-state index >= 15 is 0 Å². The van der Waals surface area contributed by atoms with Crippen molar-refractivity contribution in [2.45, 2.75) is 39.7 Å². The number of methoxy groups -OCH3 is 1. The summed E-state index contributed by atoms with van der Waals surface area (Å²) in [7, 11) is 1.20. The van der Waals surface area contributed by atoms with Crippen molar-refractivity contribution in [1.29, 1.82) is 0 Å². The molecule has 0 N–H and O–H groups in total. The second-order valence-corrected chi connectivity index (χ2v) is 6.90. The van der Waals surface area contributed by atoms with Gasteiger partial charge in [-0.2, -0.15) is 4.79 Å². The van der Waals surface area contributed by atoms with Crippen LogP contribution in [0.25, 0.3) is 5.53 Å². The van der Waals surface area contributed by atoms with Crippen LogP contribution < -0.4 is 4.74 Å². The first kappa shape index (κ1) is 24.4. The van der Waals surface area contributed by atoms with E-state index in [1.54, 1.807) is 20.8 Å². The molecule has 1 rings (SSSR count). The van der Waals surface area contributed by atoms with Gasteiger partial charge in [0, 0.05) is 5.56 Å². The molecule has 0 aromatic heterocycles. The molecule has 0 heterocycles. The molecule has 160 valence electrons. The Bertz CT molecular complexity index is 937. The summed E-state index contributed by atoms with van der Waals surface area (Å²) >= 11 is 0. The van der Waals surface area contributed by atoms with Crippen LogP contribution in [0.5, 0.6) is 5.75 Å². The molecule has 0 bridgehead atoms. The van der Waals surface area contributed by atoms with E-state index in [9.17, 15) is 24.0 Å². The predicted octanol–water partition coefficient (Wildman–Crippen LogP) is 1.60. The standard InChI is InChI=1S/C20H22N2O8/c1-6-29-19(27)16(22-21)17(25)11-8-7-9-13(28-5)15(11)18(26)12(23)10-14(24)30-20(2,3)4/h7-9H,6,10H2,1-5H3. The highest BCUT2D eigenvalue weighted by Crippen LogP contribution is 2.25. The Balaban J connectivity index is 3.36. The van der Waals surface area contributed by atoms with Crippen LogP contribution in [-0.2, 0) is 23.9 Å². The van der Waals surface area contributed by atoms with Gasteiger partial charge in [0.15, 0.2) is 0 Å². The van der Waals surface area contributed by atoms with Gasteiger partial charge in [0.1, 0.15) is 17.8 Å². The Hall–Kier alpha value is -3.65. The van der Waals surface area contributed by atoms with E-state index in [0.717, 1.165) is 6.07 Å². The molecule has 1 aromatic rings. The summed E-state index contributed by atoms with van der Waals surface area (Å²) < 4.78 is 14.7. The van der Waals surface area contributed by atoms with Gasteiger partial charge in [-0.3, -0.25) is 19.2 Å². The zero-order valence-corrected chi connectivity index (χ0v) is 17.3. The van der Waals surface area contributed by atoms with Gasteiger partial charge in [0.2, 0.25) is 11.6 Å². The maximum absolute atomic E-state index is 12.7. The van der Waals surface area contributed by atoms with Crippen LogP contribution in [0.2, 0.25) is 0 Å². The zero-order valence-electron chi connectivity index (χ0n) is 17.3. The number of nitrogens with zero attached hydrogens (tertiary/aromatic N) is 2. The summed E-state index contributed by atoms with van der Waals surface area (Å²) in [6.07, 6.45) is -0.861. The minimum Gasteiger partial charge on any atom is -0.496 e. The number of ketones is 3. The van der Waals surface area contributed by atoms with Crippen molar-refractivity contribution < 1.29 is 43.0 Å². The summed E-state index contributed by atoms with van der Waals surface area (Å²) in [5.74, 6) is -5.81. The van der Waals surface area contributed by atoms with Crippen LogP contribution in [0, 0.1) is 0 Å². The van der Waals surface area contributed by atoms with Crippen molar-refractivity contribution in [2.24, 2.45) is 0 Å². The van der Waals surface area contributed by atoms with E-state index in [4.69, 9.17) is 15.0 Å². The third-order valence-electron chi connectivity index (χ3n) is 3.48. The molecular formula is C20H22N2O8. The summed E-state index contributed by atoms with van der Waals surface area (Å²) in [6.45, 7) is 6.18. The van der Waals surface area contributed by atoms with Crippen LogP contribution in [0.15, 0.2) is 18.2 Å². The lowest BCUT2D eigenvalue weighted by atomic mass is 9.94. The van der Waals surface area contributed by atoms with Crippen LogP contribution in [0.3, 0.4) is 0 Å². The van der Waals surface area contributed by atoms with E-state index in [-0.39, 0.29) is 12.4 Å². The van der Waals surface area contributed by atoms with Crippen molar-refractivity contribution in [1.82, 2.24) is 0 Å². The van der Waals surface area contributed by atoms with Gasteiger partial charge >= 0.3 is 17.7 Å². The molecule has 0 aliphatic heterocycles. The molecule has 0 fully saturated rings. The van der Waals surface area contributed by atoms with Gasteiger partial charge in [-0.1, -0.05) is 6.07 Å². The quantitative estimate of drug-likeness (QED) is 0.112. The molecule has 0 unspecified atom stereocenters. The first-order chi connectivity index (χ1) is 14.0. The predicted molar refractivity (Wildman–Crippen MR) is 102 cm³/mol. The molecule has 0 aliphatic carbocycles. The second kappa shape index (κ2) is 10.2. The molecule has 10 heteroatoms. The number of esters is 2. The number of hydrogen-bond acceptors (Lipinski definition) is 8. The van der Waals surface area contributed by atoms with Crippen molar-refractivity contribution in [3.8, 4) is 5.75 Å². The van der Waals surface area contributed by atoms with Gasteiger partial charge in [-0.15, -0.1) is 0 Å². The highest BCUT2D eigenvalue weighted by Gasteiger charge is 2.37. The molecule has 10 nitrogen and oxygen atoms in total. The summed E-state index contributed by atoms with van der Waals surface area (Å²) in [5.41, 5.74) is 6.30. The molecule has 0 amide bonds. The van der Waals surface area contributed by atoms with Crippen LogP contribution in [0.1, 0.15) is 54.8 Å². The van der Waals surface area contributed by atoms with Crippen molar-refractivity contribution >= 4 is 35.0 Å². The smallest absolute Gasteiger partial charge is 0.446 e. The summed E-state index contributed by atoms with van der Waals surface area (Å²) in [6, 6.07) is 3.79. The zero-order chi connectivity index (χ0) is 23.1. The topological polar surface area (TPSA) is 149 Å². The Morgan fingerprint density at radius 1 is 1.07 bits per heavy atom. The Labute approximate surface area is 172 Å². The first-order valence-corrected chi connectivity index (χ1v) is 8.87. The van der Waals surface area contributed by atoms with Gasteiger partial charge in [0.05, 0.1) is 19.3 Å². The average molecular weight is 418 g/mol. The maximum Gasteiger partial charge on any atom is 0.446 e. The lowest BCUT2D eigenvalue weighted by Crippen LogP contribution is -2.31. The molecule has 30 heavy (non-hydrogen) atoms. The Morgan fingerprint density at radius 3 is 2.20 bits per heavy atom. The molecule has 0 radical (unpaired) electrons. The molecular weight excluding hydrogens is 396 g/mol. The average Bonchev–Trinajstić information content (AvgIpc) is 2.65. The summed E-state index contributed by atoms with van der Waals surface area (Å²) in [5, 5.41) is 0. The number of carbonyl (C=O) groups is 5. The number of rotatable bonds is 9. The van der Waals surface area contributed by atoms with Crippen LogP contribution >= 0.6 is 0 Å². The van der Waals surface area contributed by atoms with Gasteiger partial charge in [-0.05, 0) is 39.8 Å². The van der Waals surface area contributed by atoms with E-state index < -0.39 is 58.1 Å². The number of benzene rings is 1. The highest BCUT2D eigenvalue weighted by atomic mass is 16.6. The fourth-order valence-corrected chi connectivity index (χ4v) is 2.36. The molecule has 0 atom stereocenters. The largest absolute Gasteiger partial charge is 0.496 e. The third kappa shape index (κ3) is 6.18. The van der Waals surface area contributed by atoms with Crippen molar-refractivity contribution in [2.75, 3.05) is 13.7 Å². The fourth-order valence-electron chi connectivity index (χ4n) is 2.36. The van der Waals surface area contributed by atoms with Gasteiger partial charge < -0.3 is 19.7 Å². The number of Topliss-reactive ketones (excluding diaryl/α,β-unsaturated/α-hetero) is 3. The number of hydrogen-bond donors (Lipinski definition) is 0. The number of carbonyl (C=O) groups excluding carboxylic acids is 5. The minimum absolute atomic E-state index is 0.0938. The summed E-state index contributed by atoms with van der Waals surface area (Å²) in [4.78, 5) is 64.2. The van der Waals surface area contributed by atoms with E-state index in [2.05, 4.69) is 9.53 Å². The lowest BCUT2D eigenvalue weighted by Gasteiger charge is -2.19. The number of ether oxygens (including phenoxy) is 3. The van der Waals surface area contributed by atoms with Gasteiger partial charge in [-0.25, -0.2) is 4.79 Å². The molecule has 0 saturated heterocycles. The lowest BCUT2D eigenvalue weighted by molar-refractivity contribution is -0.155. The molecule has 0 aliphatic rings. The van der Waals surface area contributed by atoms with E-state index in [1.165, 1.54) is 26.2 Å². The monoisotopic (exact) mass is 418 g/mol. The van der Waals surface area contributed by atoms with Crippen molar-refractivity contribution in [3.63, 3.8) is 0 Å². The van der Waals surface area contributed by atoms with E-state index in [1.807, 2.05) is 0 Å². The Morgan fingerprint density at radius 2 is 1.70 bits per heavy atom. The maximum atomic E-state index is 12.7. The van der Waals surface area contributed by atoms with Gasteiger partial charge in [0.25, 0.3) is 5.78 Å². The first-order valence-electron chi connectivity index (χ1n) is 8.87. The van der Waals surface area contributed by atoms with E-state index in [0.29, 0.717) is 0 Å². The Kier molecular flexibility index (Phi) is 8.31. The van der Waals surface area contributed by atoms with Crippen molar-refractivity contribution in [3.05, 3.63) is 34.9 Å². The molecule has 1 aromatic carbocycles. The van der Waals surface area contributed by atoms with Crippen LogP contribution in [0.4, 0.5) is 0 Å². The molecule has 0 spiro atoms.